The zero-order chi connectivity index (χ0) is 31.0. The van der Waals surface area contributed by atoms with Crippen LogP contribution < -0.4 is 9.47 Å². The van der Waals surface area contributed by atoms with E-state index in [9.17, 15) is 4.79 Å². The molecule has 2 aromatic carbocycles. The third-order valence-corrected chi connectivity index (χ3v) is 8.31. The van der Waals surface area contributed by atoms with Crippen LogP contribution in [0.1, 0.15) is 172 Å². The van der Waals surface area contributed by atoms with Crippen molar-refractivity contribution in [3.05, 3.63) is 59.7 Å². The van der Waals surface area contributed by atoms with E-state index in [0.29, 0.717) is 11.3 Å². The average Bonchev–Trinajstić information content (AvgIpc) is 3.02. The number of benzene rings is 2. The van der Waals surface area contributed by atoms with Crippen molar-refractivity contribution in [2.24, 2.45) is 0 Å². The molecule has 2 rings (SSSR count). The largest absolute Gasteiger partial charge is 0.490 e. The lowest BCUT2D eigenvalue weighted by Gasteiger charge is -2.19. The van der Waals surface area contributed by atoms with Crippen molar-refractivity contribution in [1.82, 2.24) is 0 Å². The van der Waals surface area contributed by atoms with Crippen LogP contribution in [-0.4, -0.2) is 18.7 Å². The summed E-state index contributed by atoms with van der Waals surface area (Å²) in [6.07, 6.45) is 24.5. The normalized spacial score (nSPS) is 12.7. The Morgan fingerprint density at radius 1 is 0.581 bits per heavy atom. The standard InChI is InChI=1S/C39H62O4/c1-5-8-10-12-14-15-16-17-19-21-32-41-33(4)34-24-26-35(27-25-34)39(40)43-38-30-28-37(29-31-38)42-36(22-7-3)23-20-18-13-11-9-6-2/h24-31,33,36H,5-23,32H2,1-4H3. The summed E-state index contributed by atoms with van der Waals surface area (Å²) in [7, 11) is 0. The molecule has 0 heterocycles. The molecule has 0 bridgehead atoms. The summed E-state index contributed by atoms with van der Waals surface area (Å²) >= 11 is 0. The fourth-order valence-corrected chi connectivity index (χ4v) is 5.52. The number of hydrogen-bond acceptors (Lipinski definition) is 4. The van der Waals surface area contributed by atoms with Gasteiger partial charge in [0, 0.05) is 6.61 Å². The molecular weight excluding hydrogens is 532 g/mol. The molecule has 2 atom stereocenters. The van der Waals surface area contributed by atoms with E-state index in [4.69, 9.17) is 14.2 Å². The third-order valence-electron chi connectivity index (χ3n) is 8.31. The van der Waals surface area contributed by atoms with Crippen molar-refractivity contribution in [1.29, 1.82) is 0 Å². The minimum atomic E-state index is -0.355. The molecule has 242 valence electrons. The molecule has 0 N–H and O–H groups in total. The monoisotopic (exact) mass is 594 g/mol. The summed E-state index contributed by atoms with van der Waals surface area (Å²) < 4.78 is 18.0. The molecule has 0 spiro atoms. The van der Waals surface area contributed by atoms with Gasteiger partial charge in [-0.3, -0.25) is 0 Å². The van der Waals surface area contributed by atoms with Gasteiger partial charge in [-0.2, -0.15) is 0 Å². The zero-order valence-electron chi connectivity index (χ0n) is 28.0. The first-order valence-electron chi connectivity index (χ1n) is 17.8. The van der Waals surface area contributed by atoms with Crippen molar-refractivity contribution >= 4 is 5.97 Å². The zero-order valence-corrected chi connectivity index (χ0v) is 28.0. The lowest BCUT2D eigenvalue weighted by molar-refractivity contribution is 0.0626. The highest BCUT2D eigenvalue weighted by Crippen LogP contribution is 2.24. The molecule has 4 nitrogen and oxygen atoms in total. The van der Waals surface area contributed by atoms with Crippen molar-refractivity contribution in [3.63, 3.8) is 0 Å². The second-order valence-electron chi connectivity index (χ2n) is 12.3. The number of esters is 1. The molecule has 4 heteroatoms. The second-order valence-corrected chi connectivity index (χ2v) is 12.3. The van der Waals surface area contributed by atoms with Crippen LogP contribution in [0.15, 0.2) is 48.5 Å². The van der Waals surface area contributed by atoms with E-state index in [1.165, 1.54) is 96.3 Å². The van der Waals surface area contributed by atoms with E-state index >= 15 is 0 Å². The number of rotatable bonds is 26. The first kappa shape index (κ1) is 36.9. The predicted octanol–water partition coefficient (Wildman–Crippen LogP) is 12.2. The molecule has 0 aliphatic carbocycles. The molecule has 0 aliphatic heterocycles. The fraction of sp³-hybridized carbons (Fsp3) is 0.667. The topological polar surface area (TPSA) is 44.8 Å². The van der Waals surface area contributed by atoms with Crippen molar-refractivity contribution in [3.8, 4) is 11.5 Å². The molecule has 0 saturated carbocycles. The maximum absolute atomic E-state index is 12.8. The van der Waals surface area contributed by atoms with E-state index in [-0.39, 0.29) is 18.2 Å². The number of carbonyl (C=O) groups excluding carboxylic acids is 1. The van der Waals surface area contributed by atoms with E-state index < -0.39 is 0 Å². The molecule has 0 saturated heterocycles. The van der Waals surface area contributed by atoms with Gasteiger partial charge in [0.1, 0.15) is 11.5 Å². The Morgan fingerprint density at radius 3 is 1.65 bits per heavy atom. The van der Waals surface area contributed by atoms with Gasteiger partial charge in [-0.15, -0.1) is 0 Å². The highest BCUT2D eigenvalue weighted by molar-refractivity contribution is 5.91. The number of unbranched alkanes of at least 4 members (excludes halogenated alkanes) is 14. The summed E-state index contributed by atoms with van der Waals surface area (Å²) in [5.41, 5.74) is 1.61. The molecule has 2 unspecified atom stereocenters. The number of carbonyl (C=O) groups is 1. The third kappa shape index (κ3) is 16.9. The van der Waals surface area contributed by atoms with Crippen LogP contribution in [0.2, 0.25) is 0 Å². The fourth-order valence-electron chi connectivity index (χ4n) is 5.52. The molecule has 0 fully saturated rings. The van der Waals surface area contributed by atoms with Crippen molar-refractivity contribution in [2.45, 2.75) is 162 Å². The first-order valence-corrected chi connectivity index (χ1v) is 17.8. The van der Waals surface area contributed by atoms with Crippen LogP contribution in [0.25, 0.3) is 0 Å². The second kappa shape index (κ2) is 24.0. The Balaban J connectivity index is 1.68. The Bertz CT molecular complexity index is 937. The molecule has 2 aromatic rings. The maximum atomic E-state index is 12.8. The Hall–Kier alpha value is -2.33. The van der Waals surface area contributed by atoms with E-state index in [1.807, 2.05) is 48.5 Å². The molecule has 0 aliphatic rings. The van der Waals surface area contributed by atoms with E-state index in [0.717, 1.165) is 43.6 Å². The van der Waals surface area contributed by atoms with Crippen LogP contribution in [0.5, 0.6) is 11.5 Å². The SMILES string of the molecule is CCCCCCCCCCCCOC(C)c1ccc(C(=O)Oc2ccc(OC(CCC)CCCCCCCC)cc2)cc1. The van der Waals surface area contributed by atoms with Gasteiger partial charge >= 0.3 is 5.97 Å². The Morgan fingerprint density at radius 2 is 1.09 bits per heavy atom. The molecule has 0 aromatic heterocycles. The van der Waals surface area contributed by atoms with Gasteiger partial charge < -0.3 is 14.2 Å². The molecule has 0 amide bonds. The van der Waals surface area contributed by atoms with Crippen LogP contribution in [-0.2, 0) is 4.74 Å². The minimum absolute atomic E-state index is 0.00812. The first-order chi connectivity index (χ1) is 21.1. The highest BCUT2D eigenvalue weighted by Gasteiger charge is 2.13. The van der Waals surface area contributed by atoms with Gasteiger partial charge in [-0.25, -0.2) is 4.79 Å². The van der Waals surface area contributed by atoms with Gasteiger partial charge in [0.15, 0.2) is 0 Å². The van der Waals surface area contributed by atoms with Crippen molar-refractivity contribution < 1.29 is 19.0 Å². The number of ether oxygens (including phenoxy) is 3. The van der Waals surface area contributed by atoms with Crippen LogP contribution in [0.4, 0.5) is 0 Å². The summed E-state index contributed by atoms with van der Waals surface area (Å²) in [4.78, 5) is 12.8. The summed E-state index contributed by atoms with van der Waals surface area (Å²) in [6, 6.07) is 15.0. The highest BCUT2D eigenvalue weighted by atomic mass is 16.5. The molecular formula is C39H62O4. The average molecular weight is 595 g/mol. The van der Waals surface area contributed by atoms with Gasteiger partial charge in [0.05, 0.1) is 17.8 Å². The van der Waals surface area contributed by atoms with E-state index in [1.54, 1.807) is 0 Å². The minimum Gasteiger partial charge on any atom is -0.490 e. The van der Waals surface area contributed by atoms with Crippen molar-refractivity contribution in [2.75, 3.05) is 6.61 Å². The van der Waals surface area contributed by atoms with Gasteiger partial charge in [-0.1, -0.05) is 129 Å². The summed E-state index contributed by atoms with van der Waals surface area (Å²) in [5.74, 6) is 1.00. The van der Waals surface area contributed by atoms with Crippen LogP contribution >= 0.6 is 0 Å². The van der Waals surface area contributed by atoms with Crippen LogP contribution in [0.3, 0.4) is 0 Å². The van der Waals surface area contributed by atoms with Crippen LogP contribution in [0, 0.1) is 0 Å². The Kier molecular flexibility index (Phi) is 20.6. The number of hydrogen-bond donors (Lipinski definition) is 0. The molecule has 43 heavy (non-hydrogen) atoms. The molecule has 0 radical (unpaired) electrons. The van der Waals surface area contributed by atoms with Gasteiger partial charge in [-0.05, 0) is 74.6 Å². The lowest BCUT2D eigenvalue weighted by Crippen LogP contribution is -2.16. The predicted molar refractivity (Wildman–Crippen MR) is 181 cm³/mol. The summed E-state index contributed by atoms with van der Waals surface area (Å²) in [5, 5.41) is 0. The maximum Gasteiger partial charge on any atom is 0.343 e. The Labute approximate surface area is 264 Å². The quantitative estimate of drug-likeness (QED) is 0.0617. The van der Waals surface area contributed by atoms with Gasteiger partial charge in [0.2, 0.25) is 0 Å². The summed E-state index contributed by atoms with van der Waals surface area (Å²) in [6.45, 7) is 9.59. The van der Waals surface area contributed by atoms with Gasteiger partial charge in [0.25, 0.3) is 0 Å². The lowest BCUT2D eigenvalue weighted by atomic mass is 10.0. The smallest absolute Gasteiger partial charge is 0.343 e. The van der Waals surface area contributed by atoms with E-state index in [2.05, 4.69) is 27.7 Å².